The fourth-order valence-corrected chi connectivity index (χ4v) is 12.1. The fraction of sp³-hybridized carbons (Fsp3) is 0.167. The molecular formula is C36H30Br6Cl2FN9O9S3. The monoisotopic (exact) mass is 1390 g/mol. The maximum atomic E-state index is 13.7. The minimum absolute atomic E-state index is 0.0208. The van der Waals surface area contributed by atoms with Crippen LogP contribution in [-0.2, 0) is 30.1 Å². The molecule has 0 saturated carbocycles. The van der Waals surface area contributed by atoms with Crippen molar-refractivity contribution < 1.29 is 44.0 Å². The molecule has 0 bridgehead atoms. The van der Waals surface area contributed by atoms with E-state index in [4.69, 9.17) is 23.2 Å². The summed E-state index contributed by atoms with van der Waals surface area (Å²) in [7, 11) is -10.9. The molecule has 6 rings (SSSR count). The first-order valence-electron chi connectivity index (χ1n) is 17.5. The molecule has 0 atom stereocenters. The third kappa shape index (κ3) is 13.8. The third-order valence-corrected chi connectivity index (χ3v) is 18.0. The average molecular weight is 1400 g/mol. The molecule has 0 unspecified atom stereocenters. The van der Waals surface area contributed by atoms with Crippen LogP contribution in [0.25, 0.3) is 0 Å². The lowest BCUT2D eigenvalue weighted by molar-refractivity contribution is 0.101. The Morgan fingerprint density at radius 1 is 0.500 bits per heavy atom. The number of aryl methyl sites for hydroxylation is 3. The van der Waals surface area contributed by atoms with Gasteiger partial charge >= 0.3 is 0 Å². The largest absolute Gasteiger partial charge is 0.319 e. The van der Waals surface area contributed by atoms with Crippen molar-refractivity contribution in [3.8, 4) is 0 Å². The van der Waals surface area contributed by atoms with Crippen molar-refractivity contribution in [3.05, 3.63) is 131 Å². The van der Waals surface area contributed by atoms with Crippen molar-refractivity contribution in [1.82, 2.24) is 27.6 Å². The molecular weight excluding hydrogens is 1370 g/mol. The van der Waals surface area contributed by atoms with Gasteiger partial charge in [-0.3, -0.25) is 14.4 Å². The third-order valence-electron chi connectivity index (χ3n) is 7.95. The van der Waals surface area contributed by atoms with Gasteiger partial charge in [-0.25, -0.2) is 29.6 Å². The van der Waals surface area contributed by atoms with Crippen LogP contribution in [0.4, 0.5) is 21.5 Å². The minimum atomic E-state index is -3.68. The van der Waals surface area contributed by atoms with E-state index < -0.39 is 53.6 Å². The molecule has 0 aliphatic carbocycles. The first kappa shape index (κ1) is 55.5. The smallest absolute Gasteiger partial charge is 0.277 e. The summed E-state index contributed by atoms with van der Waals surface area (Å²) in [6.07, 6.45) is 2.91. The Morgan fingerprint density at radius 3 is 1.00 bits per heavy atom. The number of hydrogen-bond donors (Lipinski definition) is 3. The Labute approximate surface area is 437 Å². The van der Waals surface area contributed by atoms with Crippen molar-refractivity contribution in [3.63, 3.8) is 0 Å². The Bertz CT molecular complexity index is 2940. The SMILES string of the molecule is Cc1ccc(NC(=O)c2nn(S(C)(=O)=O)c(Br)c2Br)c(Cl)c1.Cc1ccc(NC(=O)c2nn(S(C)(=O)=O)c(Br)c2Br)c(Cl)c1.Cc1ccc(NC(=O)c2nn(S(C)(=O)=O)c(Br)c2Br)c(F)c1. The number of carbonyl (C=O) groups excluding carboxylic acids is 3. The van der Waals surface area contributed by atoms with E-state index in [1.54, 1.807) is 49.4 Å². The predicted molar refractivity (Wildman–Crippen MR) is 271 cm³/mol. The lowest BCUT2D eigenvalue weighted by Gasteiger charge is -2.06. The number of nitrogens with zero attached hydrogens (tertiary/aromatic N) is 6. The van der Waals surface area contributed by atoms with E-state index in [1.165, 1.54) is 12.1 Å². The first-order valence-corrected chi connectivity index (χ1v) is 28.6. The summed E-state index contributed by atoms with van der Waals surface area (Å²) in [4.78, 5) is 36.7. The lowest BCUT2D eigenvalue weighted by atomic mass is 10.2. The van der Waals surface area contributed by atoms with Crippen molar-refractivity contribution in [1.29, 1.82) is 0 Å². The zero-order chi connectivity index (χ0) is 50.0. The number of carbonyl (C=O) groups is 3. The molecule has 30 heteroatoms. The van der Waals surface area contributed by atoms with Crippen LogP contribution in [0.15, 0.2) is 81.8 Å². The van der Waals surface area contributed by atoms with Gasteiger partial charge in [0.15, 0.2) is 17.1 Å². The Kier molecular flexibility index (Phi) is 18.6. The van der Waals surface area contributed by atoms with E-state index in [2.05, 4.69) is 127 Å². The highest BCUT2D eigenvalue weighted by molar-refractivity contribution is 9.13. The summed E-state index contributed by atoms with van der Waals surface area (Å²) >= 11 is 30.7. The fourth-order valence-electron chi connectivity index (χ4n) is 4.88. The number of halogens is 9. The van der Waals surface area contributed by atoms with Gasteiger partial charge in [-0.1, -0.05) is 41.4 Å². The van der Waals surface area contributed by atoms with Gasteiger partial charge in [0.1, 0.15) is 19.6 Å². The quantitative estimate of drug-likeness (QED) is 0.123. The molecule has 0 aliphatic rings. The van der Waals surface area contributed by atoms with Gasteiger partial charge in [0.2, 0.25) is 0 Å². The minimum Gasteiger partial charge on any atom is -0.319 e. The summed E-state index contributed by atoms with van der Waals surface area (Å²) in [5.41, 5.74) is 3.08. The molecule has 0 spiro atoms. The van der Waals surface area contributed by atoms with Crippen LogP contribution in [0.5, 0.6) is 0 Å². The normalized spacial score (nSPS) is 11.5. The molecule has 3 aromatic heterocycles. The molecule has 0 saturated heterocycles. The van der Waals surface area contributed by atoms with E-state index >= 15 is 0 Å². The lowest BCUT2D eigenvalue weighted by Crippen LogP contribution is -2.17. The van der Waals surface area contributed by atoms with Gasteiger partial charge < -0.3 is 16.0 Å². The number of benzene rings is 3. The molecule has 18 nitrogen and oxygen atoms in total. The van der Waals surface area contributed by atoms with E-state index in [0.29, 0.717) is 31.1 Å². The Hall–Kier alpha value is -3.06. The Balaban J connectivity index is 0.000000216. The number of hydrogen-bond acceptors (Lipinski definition) is 12. The van der Waals surface area contributed by atoms with Gasteiger partial charge in [0, 0.05) is 0 Å². The second-order valence-electron chi connectivity index (χ2n) is 13.5. The summed E-state index contributed by atoms with van der Waals surface area (Å²) in [6, 6.07) is 14.6. The molecule has 6 aromatic rings. The predicted octanol–water partition coefficient (Wildman–Crippen LogP) is 9.78. The van der Waals surface area contributed by atoms with Crippen LogP contribution < -0.4 is 16.0 Å². The Morgan fingerprint density at radius 2 is 0.758 bits per heavy atom. The molecule has 66 heavy (non-hydrogen) atoms. The standard InChI is InChI=1S/2C12H10Br2ClN3O3S.C12H10Br2FN3O3S/c3*1-6-3-4-8(7(15)5-6)16-12(19)10-9(13)11(14)18(17-10)22(2,20)21/h3*3-5H,1-2H3,(H,16,19). The maximum Gasteiger partial charge on any atom is 0.277 e. The van der Waals surface area contributed by atoms with Gasteiger partial charge in [0.05, 0.1) is 59.3 Å². The van der Waals surface area contributed by atoms with Gasteiger partial charge in [-0.15, -0.1) is 12.3 Å². The second-order valence-corrected chi connectivity index (χ2v) is 24.4. The molecule has 3 N–H and O–H groups in total. The van der Waals surface area contributed by atoms with Crippen molar-refractivity contribution in [2.24, 2.45) is 0 Å². The van der Waals surface area contributed by atoms with Gasteiger partial charge in [-0.2, -0.15) is 15.3 Å². The molecule has 0 radical (unpaired) electrons. The highest BCUT2D eigenvalue weighted by Crippen LogP contribution is 2.32. The zero-order valence-electron chi connectivity index (χ0n) is 34.2. The van der Waals surface area contributed by atoms with Crippen molar-refractivity contribution in [2.45, 2.75) is 20.8 Å². The van der Waals surface area contributed by atoms with Crippen LogP contribution in [0.1, 0.15) is 48.2 Å². The number of anilines is 3. The van der Waals surface area contributed by atoms with Gasteiger partial charge in [-0.05, 0) is 169 Å². The maximum absolute atomic E-state index is 13.7. The summed E-state index contributed by atoms with van der Waals surface area (Å²) in [5.74, 6) is -2.50. The van der Waals surface area contributed by atoms with Crippen molar-refractivity contribution >= 4 is 184 Å². The molecule has 354 valence electrons. The number of nitrogens with one attached hydrogen (secondary N) is 3. The highest BCUT2D eigenvalue weighted by atomic mass is 79.9. The van der Waals surface area contributed by atoms with E-state index in [1.807, 2.05) is 13.8 Å². The van der Waals surface area contributed by atoms with Gasteiger partial charge in [0.25, 0.3) is 47.8 Å². The number of amides is 3. The van der Waals surface area contributed by atoms with Crippen LogP contribution in [-0.4, -0.2) is 89.3 Å². The van der Waals surface area contributed by atoms with E-state index in [-0.39, 0.29) is 50.0 Å². The average Bonchev–Trinajstić information content (AvgIpc) is 3.80. The number of rotatable bonds is 9. The topological polar surface area (TPSA) is 243 Å². The van der Waals surface area contributed by atoms with Crippen LogP contribution in [0.2, 0.25) is 10.0 Å². The molecule has 3 amide bonds. The van der Waals surface area contributed by atoms with Crippen molar-refractivity contribution in [2.75, 3.05) is 34.7 Å². The second kappa shape index (κ2) is 22.1. The molecule has 3 aromatic carbocycles. The van der Waals surface area contributed by atoms with E-state index in [0.717, 1.165) is 38.1 Å². The zero-order valence-corrected chi connectivity index (χ0v) is 47.7. The highest BCUT2D eigenvalue weighted by Gasteiger charge is 2.27. The molecule has 0 fully saturated rings. The first-order chi connectivity index (χ1) is 30.3. The molecule has 0 aliphatic heterocycles. The van der Waals surface area contributed by atoms with Crippen LogP contribution in [0.3, 0.4) is 0 Å². The van der Waals surface area contributed by atoms with Crippen LogP contribution in [0, 0.1) is 26.6 Å². The summed E-state index contributed by atoms with van der Waals surface area (Å²) < 4.78 is 86.3. The molecule has 3 heterocycles. The summed E-state index contributed by atoms with van der Waals surface area (Å²) in [5, 5.41) is 19.6. The van der Waals surface area contributed by atoms with E-state index in [9.17, 15) is 44.0 Å². The summed E-state index contributed by atoms with van der Waals surface area (Å²) in [6.45, 7) is 5.47. The number of aromatic nitrogens is 6. The van der Waals surface area contributed by atoms with Crippen LogP contribution >= 0.6 is 119 Å².